The third-order valence-corrected chi connectivity index (χ3v) is 2.80. The molecule has 0 amide bonds. The van der Waals surface area contributed by atoms with Gasteiger partial charge in [0.1, 0.15) is 5.75 Å². The van der Waals surface area contributed by atoms with Gasteiger partial charge in [-0.2, -0.15) is 0 Å². The Bertz CT molecular complexity index is 394. The van der Waals surface area contributed by atoms with Crippen molar-refractivity contribution in [3.8, 4) is 5.75 Å². The van der Waals surface area contributed by atoms with Crippen molar-refractivity contribution < 1.29 is 14.3 Å². The molecule has 16 heavy (non-hydrogen) atoms. The molecule has 0 unspecified atom stereocenters. The van der Waals surface area contributed by atoms with Crippen molar-refractivity contribution in [3.63, 3.8) is 0 Å². The molecule has 0 aromatic heterocycles. The summed E-state index contributed by atoms with van der Waals surface area (Å²) >= 11 is 0. The smallest absolute Gasteiger partial charge is 0.338 e. The van der Waals surface area contributed by atoms with Crippen LogP contribution >= 0.6 is 0 Å². The average Bonchev–Trinajstić information content (AvgIpc) is 3.11. The summed E-state index contributed by atoms with van der Waals surface area (Å²) in [5.41, 5.74) is 1.49. The van der Waals surface area contributed by atoms with E-state index in [9.17, 15) is 4.79 Å². The fourth-order valence-electron chi connectivity index (χ4n) is 1.52. The maximum Gasteiger partial charge on any atom is 0.338 e. The highest BCUT2D eigenvalue weighted by atomic mass is 16.5. The lowest BCUT2D eigenvalue weighted by molar-refractivity contribution is 0.0599. The lowest BCUT2D eigenvalue weighted by Gasteiger charge is -2.08. The molecule has 0 radical (unpaired) electrons. The van der Waals surface area contributed by atoms with Crippen LogP contribution in [-0.2, 0) is 4.74 Å². The standard InChI is InChI=1S/C13H16O3/c1-9-3-6-11(16-8-10-4-5-10)7-12(9)13(14)15-2/h3,6-7,10H,4-5,8H2,1-2H3. The van der Waals surface area contributed by atoms with Gasteiger partial charge in [0.2, 0.25) is 0 Å². The number of aryl methyl sites for hydroxylation is 1. The van der Waals surface area contributed by atoms with Gasteiger partial charge in [-0.05, 0) is 43.4 Å². The Balaban J connectivity index is 2.10. The zero-order valence-electron chi connectivity index (χ0n) is 9.66. The summed E-state index contributed by atoms with van der Waals surface area (Å²) in [6, 6.07) is 5.53. The van der Waals surface area contributed by atoms with E-state index in [1.807, 2.05) is 19.1 Å². The van der Waals surface area contributed by atoms with E-state index in [-0.39, 0.29) is 5.97 Å². The summed E-state index contributed by atoms with van der Waals surface area (Å²) in [5.74, 6) is 1.15. The number of carbonyl (C=O) groups excluding carboxylic acids is 1. The molecular formula is C13H16O3. The van der Waals surface area contributed by atoms with Crippen molar-refractivity contribution in [1.82, 2.24) is 0 Å². The minimum absolute atomic E-state index is 0.311. The minimum atomic E-state index is -0.311. The van der Waals surface area contributed by atoms with Crippen molar-refractivity contribution in [2.24, 2.45) is 5.92 Å². The maximum atomic E-state index is 11.5. The van der Waals surface area contributed by atoms with Gasteiger partial charge >= 0.3 is 5.97 Å². The van der Waals surface area contributed by atoms with E-state index in [1.165, 1.54) is 20.0 Å². The van der Waals surface area contributed by atoms with Crippen molar-refractivity contribution in [1.29, 1.82) is 0 Å². The highest BCUT2D eigenvalue weighted by Gasteiger charge is 2.22. The summed E-state index contributed by atoms with van der Waals surface area (Å²) in [6.45, 7) is 2.64. The number of ether oxygens (including phenoxy) is 2. The van der Waals surface area contributed by atoms with Crippen LogP contribution < -0.4 is 4.74 Å². The van der Waals surface area contributed by atoms with E-state index >= 15 is 0 Å². The molecule has 0 spiro atoms. The lowest BCUT2D eigenvalue weighted by Crippen LogP contribution is -2.05. The van der Waals surface area contributed by atoms with Gasteiger partial charge in [-0.15, -0.1) is 0 Å². The molecule has 0 aliphatic heterocycles. The second-order valence-electron chi connectivity index (χ2n) is 4.22. The van der Waals surface area contributed by atoms with E-state index in [2.05, 4.69) is 0 Å². The van der Waals surface area contributed by atoms with Crippen LogP contribution in [0.5, 0.6) is 5.75 Å². The highest BCUT2D eigenvalue weighted by Crippen LogP contribution is 2.30. The largest absolute Gasteiger partial charge is 0.493 e. The van der Waals surface area contributed by atoms with E-state index in [0.717, 1.165) is 17.9 Å². The maximum absolute atomic E-state index is 11.5. The molecule has 1 aliphatic rings. The molecule has 2 rings (SSSR count). The predicted octanol–water partition coefficient (Wildman–Crippen LogP) is 2.57. The second-order valence-corrected chi connectivity index (χ2v) is 4.22. The third-order valence-electron chi connectivity index (χ3n) is 2.80. The second kappa shape index (κ2) is 4.56. The van der Waals surface area contributed by atoms with Gasteiger partial charge in [-0.25, -0.2) is 4.79 Å². The first-order valence-corrected chi connectivity index (χ1v) is 5.52. The molecule has 0 heterocycles. The molecule has 0 bridgehead atoms. The number of esters is 1. The van der Waals surface area contributed by atoms with Gasteiger partial charge in [-0.1, -0.05) is 6.07 Å². The van der Waals surface area contributed by atoms with Gasteiger partial charge in [0.25, 0.3) is 0 Å². The van der Waals surface area contributed by atoms with Crippen LogP contribution in [0.3, 0.4) is 0 Å². The highest BCUT2D eigenvalue weighted by molar-refractivity contribution is 5.91. The normalized spacial score (nSPS) is 14.6. The van der Waals surface area contributed by atoms with E-state index in [0.29, 0.717) is 11.5 Å². The van der Waals surface area contributed by atoms with Gasteiger partial charge in [0.15, 0.2) is 0 Å². The van der Waals surface area contributed by atoms with Crippen molar-refractivity contribution >= 4 is 5.97 Å². The fraction of sp³-hybridized carbons (Fsp3) is 0.462. The Morgan fingerprint density at radius 2 is 2.19 bits per heavy atom. The third kappa shape index (κ3) is 2.54. The van der Waals surface area contributed by atoms with Crippen molar-refractivity contribution in [2.75, 3.05) is 13.7 Å². The molecule has 0 saturated heterocycles. The van der Waals surface area contributed by atoms with Crippen LogP contribution in [0, 0.1) is 12.8 Å². The molecule has 3 heteroatoms. The zero-order valence-corrected chi connectivity index (χ0v) is 9.66. The van der Waals surface area contributed by atoms with Crippen LogP contribution in [0.2, 0.25) is 0 Å². The summed E-state index contributed by atoms with van der Waals surface area (Å²) in [4.78, 5) is 11.5. The number of benzene rings is 1. The average molecular weight is 220 g/mol. The summed E-state index contributed by atoms with van der Waals surface area (Å²) in [6.07, 6.45) is 2.52. The summed E-state index contributed by atoms with van der Waals surface area (Å²) in [5, 5.41) is 0. The quantitative estimate of drug-likeness (QED) is 0.731. The van der Waals surface area contributed by atoms with E-state index in [1.54, 1.807) is 6.07 Å². The SMILES string of the molecule is COC(=O)c1cc(OCC2CC2)ccc1C. The van der Waals surface area contributed by atoms with Crippen LogP contribution in [0.15, 0.2) is 18.2 Å². The van der Waals surface area contributed by atoms with Gasteiger partial charge < -0.3 is 9.47 Å². The topological polar surface area (TPSA) is 35.5 Å². The molecule has 1 aliphatic carbocycles. The Morgan fingerprint density at radius 3 is 2.81 bits per heavy atom. The van der Waals surface area contributed by atoms with Gasteiger partial charge in [0, 0.05) is 0 Å². The summed E-state index contributed by atoms with van der Waals surface area (Å²) < 4.78 is 10.3. The predicted molar refractivity (Wildman–Crippen MR) is 60.7 cm³/mol. The van der Waals surface area contributed by atoms with Crippen molar-refractivity contribution in [2.45, 2.75) is 19.8 Å². The number of hydrogen-bond acceptors (Lipinski definition) is 3. The fourth-order valence-corrected chi connectivity index (χ4v) is 1.52. The zero-order chi connectivity index (χ0) is 11.5. The first kappa shape index (κ1) is 11.0. The van der Waals surface area contributed by atoms with Gasteiger partial charge in [0.05, 0.1) is 19.3 Å². The number of carbonyl (C=O) groups is 1. The number of hydrogen-bond donors (Lipinski definition) is 0. The van der Waals surface area contributed by atoms with Gasteiger partial charge in [-0.3, -0.25) is 0 Å². The Kier molecular flexibility index (Phi) is 3.13. The molecular weight excluding hydrogens is 204 g/mol. The van der Waals surface area contributed by atoms with Crippen LogP contribution in [0.1, 0.15) is 28.8 Å². The Labute approximate surface area is 95.4 Å². The van der Waals surface area contributed by atoms with E-state index in [4.69, 9.17) is 9.47 Å². The molecule has 1 aromatic carbocycles. The van der Waals surface area contributed by atoms with Crippen molar-refractivity contribution in [3.05, 3.63) is 29.3 Å². The summed E-state index contributed by atoms with van der Waals surface area (Å²) in [7, 11) is 1.39. The van der Waals surface area contributed by atoms with E-state index < -0.39 is 0 Å². The minimum Gasteiger partial charge on any atom is -0.493 e. The molecule has 1 aromatic rings. The molecule has 86 valence electrons. The van der Waals surface area contributed by atoms with Crippen LogP contribution in [-0.4, -0.2) is 19.7 Å². The molecule has 1 fully saturated rings. The monoisotopic (exact) mass is 220 g/mol. The Morgan fingerprint density at radius 1 is 1.44 bits per heavy atom. The van der Waals surface area contributed by atoms with Crippen LogP contribution in [0.4, 0.5) is 0 Å². The molecule has 3 nitrogen and oxygen atoms in total. The lowest BCUT2D eigenvalue weighted by atomic mass is 10.1. The van der Waals surface area contributed by atoms with Crippen LogP contribution in [0.25, 0.3) is 0 Å². The first-order valence-electron chi connectivity index (χ1n) is 5.52. The number of rotatable bonds is 4. The molecule has 0 N–H and O–H groups in total. The first-order chi connectivity index (χ1) is 7.70. The Hall–Kier alpha value is -1.51. The molecule has 0 atom stereocenters. The molecule has 1 saturated carbocycles. The number of methoxy groups -OCH3 is 1.